The van der Waals surface area contributed by atoms with Crippen LogP contribution >= 0.6 is 0 Å². The summed E-state index contributed by atoms with van der Waals surface area (Å²) in [4.78, 5) is 9.37. The first-order chi connectivity index (χ1) is 14.9. The van der Waals surface area contributed by atoms with Crippen LogP contribution in [-0.2, 0) is 7.05 Å². The average molecular weight is 422 g/mol. The summed E-state index contributed by atoms with van der Waals surface area (Å²) < 4.78 is 7.63. The highest BCUT2D eigenvalue weighted by Gasteiger charge is 2.25. The third-order valence-electron chi connectivity index (χ3n) is 5.87. The summed E-state index contributed by atoms with van der Waals surface area (Å²) in [6.45, 7) is 9.81. The van der Waals surface area contributed by atoms with Gasteiger partial charge in [0, 0.05) is 44.7 Å². The highest BCUT2D eigenvalue weighted by molar-refractivity contribution is 5.95. The van der Waals surface area contributed by atoms with Crippen molar-refractivity contribution < 1.29 is 4.74 Å². The Morgan fingerprint density at radius 1 is 1.26 bits per heavy atom. The average Bonchev–Trinajstić information content (AvgIpc) is 3.26. The van der Waals surface area contributed by atoms with Crippen LogP contribution in [0.3, 0.4) is 0 Å². The summed E-state index contributed by atoms with van der Waals surface area (Å²) in [7, 11) is 3.96. The van der Waals surface area contributed by atoms with Gasteiger partial charge in [0.15, 0.2) is 5.65 Å². The Labute approximate surface area is 183 Å². The fraction of sp³-hybridized carbons (Fsp3) is 0.478. The molecule has 0 fully saturated rings. The van der Waals surface area contributed by atoms with Crippen LogP contribution < -0.4 is 10.1 Å². The highest BCUT2D eigenvalue weighted by Crippen LogP contribution is 2.36. The molecule has 0 saturated heterocycles. The van der Waals surface area contributed by atoms with Crippen molar-refractivity contribution in [1.29, 1.82) is 0 Å². The number of anilines is 1. The molecule has 0 aliphatic carbocycles. The van der Waals surface area contributed by atoms with Gasteiger partial charge in [-0.1, -0.05) is 13.8 Å². The van der Waals surface area contributed by atoms with Gasteiger partial charge in [-0.3, -0.25) is 9.69 Å². The van der Waals surface area contributed by atoms with E-state index in [0.717, 1.165) is 40.2 Å². The monoisotopic (exact) mass is 421 g/mol. The molecule has 164 valence electrons. The molecule has 8 nitrogen and oxygen atoms in total. The van der Waals surface area contributed by atoms with E-state index < -0.39 is 0 Å². The van der Waals surface area contributed by atoms with Crippen molar-refractivity contribution in [2.75, 3.05) is 25.5 Å². The van der Waals surface area contributed by atoms with Crippen molar-refractivity contribution in [3.63, 3.8) is 0 Å². The Kier molecular flexibility index (Phi) is 5.80. The van der Waals surface area contributed by atoms with Crippen LogP contribution in [0.4, 0.5) is 5.69 Å². The van der Waals surface area contributed by atoms with Crippen molar-refractivity contribution >= 4 is 22.9 Å². The molecule has 4 rings (SSSR count). The SMILES string of the molecule is CCOc1ncccc1-c1cc(NCC2C=NN(C)C2C)c2c(C(C)C)nn(C)c2n1. The summed E-state index contributed by atoms with van der Waals surface area (Å²) in [6, 6.07) is 6.35. The van der Waals surface area contributed by atoms with Crippen molar-refractivity contribution in [2.45, 2.75) is 39.7 Å². The number of hydrogen-bond acceptors (Lipinski definition) is 7. The van der Waals surface area contributed by atoms with E-state index in [1.807, 2.05) is 49.1 Å². The molecule has 3 aromatic heterocycles. The minimum atomic E-state index is 0.285. The minimum Gasteiger partial charge on any atom is -0.477 e. The number of nitrogens with zero attached hydrogens (tertiary/aromatic N) is 6. The first-order valence-electron chi connectivity index (χ1n) is 10.9. The summed E-state index contributed by atoms with van der Waals surface area (Å²) in [5, 5.41) is 16.0. The number of fused-ring (bicyclic) bond motifs is 1. The van der Waals surface area contributed by atoms with E-state index in [9.17, 15) is 0 Å². The number of nitrogens with one attached hydrogen (secondary N) is 1. The molecule has 8 heteroatoms. The second-order valence-corrected chi connectivity index (χ2v) is 8.33. The number of hydrogen-bond donors (Lipinski definition) is 1. The molecular weight excluding hydrogens is 390 g/mol. The van der Waals surface area contributed by atoms with Gasteiger partial charge in [0.25, 0.3) is 0 Å². The Hall–Kier alpha value is -3.16. The Morgan fingerprint density at radius 2 is 2.06 bits per heavy atom. The zero-order chi connectivity index (χ0) is 22.1. The van der Waals surface area contributed by atoms with Crippen molar-refractivity contribution in [1.82, 2.24) is 24.8 Å². The van der Waals surface area contributed by atoms with Gasteiger partial charge in [0.05, 0.1) is 35.0 Å². The quantitative estimate of drug-likeness (QED) is 0.623. The van der Waals surface area contributed by atoms with E-state index in [4.69, 9.17) is 14.8 Å². The number of ether oxygens (including phenoxy) is 1. The largest absolute Gasteiger partial charge is 0.477 e. The van der Waals surface area contributed by atoms with Crippen LogP contribution in [0.25, 0.3) is 22.3 Å². The van der Waals surface area contributed by atoms with Gasteiger partial charge in [-0.25, -0.2) is 9.97 Å². The van der Waals surface area contributed by atoms with E-state index in [-0.39, 0.29) is 5.92 Å². The molecule has 0 spiro atoms. The topological polar surface area (TPSA) is 80.5 Å². The van der Waals surface area contributed by atoms with Gasteiger partial charge in [0.2, 0.25) is 5.88 Å². The molecule has 1 aliphatic rings. The second-order valence-electron chi connectivity index (χ2n) is 8.33. The number of hydrazone groups is 1. The van der Waals surface area contributed by atoms with Gasteiger partial charge >= 0.3 is 0 Å². The number of aryl methyl sites for hydroxylation is 1. The number of rotatable bonds is 7. The van der Waals surface area contributed by atoms with Gasteiger partial charge in [-0.05, 0) is 38.0 Å². The molecule has 4 heterocycles. The van der Waals surface area contributed by atoms with Crippen molar-refractivity contribution in [3.8, 4) is 17.1 Å². The zero-order valence-corrected chi connectivity index (χ0v) is 19.1. The molecule has 0 saturated carbocycles. The van der Waals surface area contributed by atoms with E-state index in [2.05, 4.69) is 42.2 Å². The van der Waals surface area contributed by atoms with Crippen LogP contribution in [-0.4, -0.2) is 57.2 Å². The maximum Gasteiger partial charge on any atom is 0.222 e. The molecule has 31 heavy (non-hydrogen) atoms. The van der Waals surface area contributed by atoms with Crippen LogP contribution in [0.15, 0.2) is 29.5 Å². The Bertz CT molecular complexity index is 1100. The van der Waals surface area contributed by atoms with Crippen LogP contribution in [0.5, 0.6) is 5.88 Å². The summed E-state index contributed by atoms with van der Waals surface area (Å²) >= 11 is 0. The third-order valence-corrected chi connectivity index (χ3v) is 5.87. The lowest BCUT2D eigenvalue weighted by atomic mass is 10.0. The van der Waals surface area contributed by atoms with Gasteiger partial charge < -0.3 is 10.1 Å². The molecule has 3 aromatic rings. The fourth-order valence-electron chi connectivity index (χ4n) is 3.94. The molecular formula is C23H31N7O. The van der Waals surface area contributed by atoms with Crippen LogP contribution in [0, 0.1) is 5.92 Å². The maximum absolute atomic E-state index is 5.77. The first-order valence-corrected chi connectivity index (χ1v) is 10.9. The molecule has 0 aromatic carbocycles. The third kappa shape index (κ3) is 3.94. The molecule has 1 N–H and O–H groups in total. The smallest absolute Gasteiger partial charge is 0.222 e. The van der Waals surface area contributed by atoms with Gasteiger partial charge in [-0.15, -0.1) is 0 Å². The molecule has 2 unspecified atom stereocenters. The highest BCUT2D eigenvalue weighted by atomic mass is 16.5. The fourth-order valence-corrected chi connectivity index (χ4v) is 3.94. The normalized spacial score (nSPS) is 18.4. The van der Waals surface area contributed by atoms with Gasteiger partial charge in [-0.2, -0.15) is 10.2 Å². The van der Waals surface area contributed by atoms with E-state index >= 15 is 0 Å². The molecule has 0 bridgehead atoms. The van der Waals surface area contributed by atoms with Crippen molar-refractivity contribution in [3.05, 3.63) is 30.1 Å². The lowest BCUT2D eigenvalue weighted by Gasteiger charge is -2.21. The lowest BCUT2D eigenvalue weighted by molar-refractivity contribution is 0.269. The summed E-state index contributed by atoms with van der Waals surface area (Å²) in [5.74, 6) is 1.20. The molecule has 2 atom stereocenters. The van der Waals surface area contributed by atoms with Crippen LogP contribution in [0.2, 0.25) is 0 Å². The lowest BCUT2D eigenvalue weighted by Crippen LogP contribution is -2.30. The zero-order valence-electron chi connectivity index (χ0n) is 19.1. The van der Waals surface area contributed by atoms with Gasteiger partial charge in [0.1, 0.15) is 0 Å². The summed E-state index contributed by atoms with van der Waals surface area (Å²) in [5.41, 5.74) is 4.60. The summed E-state index contributed by atoms with van der Waals surface area (Å²) in [6.07, 6.45) is 3.77. The van der Waals surface area contributed by atoms with E-state index in [0.29, 0.717) is 24.4 Å². The predicted octanol–water partition coefficient (Wildman–Crippen LogP) is 3.90. The standard InChI is InChI=1S/C23H31N7O/c1-7-31-23-17(9-8-10-24-23)18-11-19(25-12-16-13-26-29(5)15(16)4)20-21(14(2)3)28-30(6)22(20)27-18/h8-11,13-16H,7,12H2,1-6H3,(H,25,27). The predicted molar refractivity (Wildman–Crippen MR) is 125 cm³/mol. The Morgan fingerprint density at radius 3 is 2.74 bits per heavy atom. The Balaban J connectivity index is 1.81. The number of pyridine rings is 2. The second kappa shape index (κ2) is 8.53. The molecule has 0 amide bonds. The molecule has 0 radical (unpaired) electrons. The minimum absolute atomic E-state index is 0.285. The molecule has 1 aliphatic heterocycles. The van der Waals surface area contributed by atoms with E-state index in [1.54, 1.807) is 6.20 Å². The van der Waals surface area contributed by atoms with Crippen LogP contribution in [0.1, 0.15) is 39.3 Å². The first kappa shape index (κ1) is 21.1. The van der Waals surface area contributed by atoms with Crippen molar-refractivity contribution in [2.24, 2.45) is 18.1 Å². The number of aromatic nitrogens is 4. The van der Waals surface area contributed by atoms with E-state index in [1.165, 1.54) is 0 Å². The maximum atomic E-state index is 5.77.